The normalized spacial score (nSPS) is 12.0. The zero-order chi connectivity index (χ0) is 15.8. The Hall–Kier alpha value is 0.390. The van der Waals surface area contributed by atoms with Crippen molar-refractivity contribution in [3.8, 4) is 0 Å². The lowest BCUT2D eigenvalue weighted by Crippen LogP contribution is -2.25. The minimum atomic E-state index is 0.0633. The van der Waals surface area contributed by atoms with Crippen molar-refractivity contribution in [2.45, 2.75) is 116 Å². The highest BCUT2D eigenvalue weighted by Gasteiger charge is 2.23. The standard InChI is InChI=1S/C19H41OP/c1-4-7-10-11-12-15-18-20-19(21,16-13-8-5-2)17-14-9-6-3/h4-18,21H2,1-3H3. The lowest BCUT2D eigenvalue weighted by atomic mass is 10.0. The number of ether oxygens (including phenoxy) is 1. The van der Waals surface area contributed by atoms with Crippen LogP contribution in [0.15, 0.2) is 0 Å². The Morgan fingerprint density at radius 2 is 1.05 bits per heavy atom. The van der Waals surface area contributed by atoms with E-state index in [4.69, 9.17) is 4.74 Å². The molecule has 0 saturated heterocycles. The van der Waals surface area contributed by atoms with Gasteiger partial charge in [-0.25, -0.2) is 0 Å². The highest BCUT2D eigenvalue weighted by atomic mass is 31.0. The maximum absolute atomic E-state index is 6.29. The molecule has 2 heteroatoms. The lowest BCUT2D eigenvalue weighted by Gasteiger charge is -2.30. The van der Waals surface area contributed by atoms with Crippen molar-refractivity contribution in [1.82, 2.24) is 0 Å². The van der Waals surface area contributed by atoms with Crippen LogP contribution in [-0.4, -0.2) is 11.9 Å². The summed E-state index contributed by atoms with van der Waals surface area (Å²) < 4.78 is 6.29. The van der Waals surface area contributed by atoms with E-state index in [-0.39, 0.29) is 5.34 Å². The molecule has 0 spiro atoms. The zero-order valence-electron chi connectivity index (χ0n) is 15.1. The van der Waals surface area contributed by atoms with Gasteiger partial charge >= 0.3 is 0 Å². The van der Waals surface area contributed by atoms with Crippen LogP contribution >= 0.6 is 9.24 Å². The molecule has 0 radical (unpaired) electrons. The summed E-state index contributed by atoms with van der Waals surface area (Å²) in [4.78, 5) is 0. The summed E-state index contributed by atoms with van der Waals surface area (Å²) in [6.07, 6.45) is 18.4. The van der Waals surface area contributed by atoms with Gasteiger partial charge in [-0.1, -0.05) is 91.4 Å². The average Bonchev–Trinajstić information content (AvgIpc) is 2.47. The summed E-state index contributed by atoms with van der Waals surface area (Å²) in [6, 6.07) is 0. The smallest absolute Gasteiger partial charge is 0.0813 e. The Kier molecular flexibility index (Phi) is 15.6. The van der Waals surface area contributed by atoms with E-state index in [1.54, 1.807) is 0 Å². The quantitative estimate of drug-likeness (QED) is 0.218. The molecule has 0 aliphatic heterocycles. The third-order valence-corrected chi connectivity index (χ3v) is 5.04. The predicted octanol–water partition coefficient (Wildman–Crippen LogP) is 7.10. The van der Waals surface area contributed by atoms with E-state index < -0.39 is 0 Å². The van der Waals surface area contributed by atoms with Gasteiger partial charge in [-0.15, -0.1) is 9.24 Å². The highest BCUT2D eigenvalue weighted by molar-refractivity contribution is 7.18. The van der Waals surface area contributed by atoms with Gasteiger partial charge in [0, 0.05) is 6.61 Å². The Bertz CT molecular complexity index is 196. The van der Waals surface area contributed by atoms with Crippen LogP contribution < -0.4 is 0 Å². The number of hydrogen-bond acceptors (Lipinski definition) is 1. The Balaban J connectivity index is 3.85. The fourth-order valence-electron chi connectivity index (χ4n) is 2.78. The largest absolute Gasteiger partial charge is 0.371 e. The third-order valence-electron chi connectivity index (χ3n) is 4.29. The number of rotatable bonds is 16. The van der Waals surface area contributed by atoms with E-state index in [1.165, 1.54) is 89.9 Å². The first-order chi connectivity index (χ1) is 10.2. The van der Waals surface area contributed by atoms with E-state index >= 15 is 0 Å². The second-order valence-electron chi connectivity index (χ2n) is 6.60. The van der Waals surface area contributed by atoms with Gasteiger partial charge in [0.15, 0.2) is 0 Å². The van der Waals surface area contributed by atoms with Crippen molar-refractivity contribution in [2.75, 3.05) is 6.61 Å². The van der Waals surface area contributed by atoms with Crippen LogP contribution in [0.1, 0.15) is 111 Å². The second-order valence-corrected chi connectivity index (χ2v) is 7.65. The fraction of sp³-hybridized carbons (Fsp3) is 1.00. The summed E-state index contributed by atoms with van der Waals surface area (Å²) in [5.41, 5.74) is 0. The Labute approximate surface area is 137 Å². The summed E-state index contributed by atoms with van der Waals surface area (Å²) >= 11 is 0. The molecule has 0 aromatic heterocycles. The molecule has 0 rings (SSSR count). The summed E-state index contributed by atoms with van der Waals surface area (Å²) in [7, 11) is 3.05. The van der Waals surface area contributed by atoms with Gasteiger partial charge in [-0.3, -0.25) is 0 Å². The average molecular weight is 317 g/mol. The molecule has 128 valence electrons. The van der Waals surface area contributed by atoms with E-state index in [1.807, 2.05) is 0 Å². The molecular formula is C19H41OP. The van der Waals surface area contributed by atoms with Gasteiger partial charge in [0.05, 0.1) is 5.34 Å². The van der Waals surface area contributed by atoms with E-state index in [0.717, 1.165) is 6.61 Å². The molecule has 1 unspecified atom stereocenters. The van der Waals surface area contributed by atoms with Crippen molar-refractivity contribution < 1.29 is 4.74 Å². The van der Waals surface area contributed by atoms with Crippen LogP contribution in [0, 0.1) is 0 Å². The fourth-order valence-corrected chi connectivity index (χ4v) is 3.30. The summed E-state index contributed by atoms with van der Waals surface area (Å²) in [5.74, 6) is 0. The van der Waals surface area contributed by atoms with Crippen LogP contribution in [0.4, 0.5) is 0 Å². The molecule has 0 fully saturated rings. The molecule has 21 heavy (non-hydrogen) atoms. The molecule has 0 bridgehead atoms. The van der Waals surface area contributed by atoms with Crippen LogP contribution in [0.2, 0.25) is 0 Å². The SMILES string of the molecule is CCCCCCCCOC(P)(CCCCC)CCCCC. The lowest BCUT2D eigenvalue weighted by molar-refractivity contribution is 0.00729. The molecule has 0 amide bonds. The van der Waals surface area contributed by atoms with E-state index in [0.29, 0.717) is 0 Å². The molecule has 0 aromatic rings. The molecule has 1 nitrogen and oxygen atoms in total. The first-order valence-electron chi connectivity index (χ1n) is 9.61. The first kappa shape index (κ1) is 21.4. The molecule has 0 aliphatic carbocycles. The van der Waals surface area contributed by atoms with Crippen molar-refractivity contribution in [3.63, 3.8) is 0 Å². The minimum absolute atomic E-state index is 0.0633. The molecule has 0 heterocycles. The minimum Gasteiger partial charge on any atom is -0.371 e. The van der Waals surface area contributed by atoms with Gasteiger partial charge in [0.2, 0.25) is 0 Å². The number of unbranched alkanes of at least 4 members (excludes halogenated alkanes) is 9. The van der Waals surface area contributed by atoms with Crippen molar-refractivity contribution in [2.24, 2.45) is 0 Å². The van der Waals surface area contributed by atoms with Crippen LogP contribution in [-0.2, 0) is 4.74 Å². The molecule has 1 atom stereocenters. The van der Waals surface area contributed by atoms with Crippen LogP contribution in [0.3, 0.4) is 0 Å². The maximum atomic E-state index is 6.29. The van der Waals surface area contributed by atoms with Crippen molar-refractivity contribution in [3.05, 3.63) is 0 Å². The zero-order valence-corrected chi connectivity index (χ0v) is 16.2. The Morgan fingerprint density at radius 3 is 1.57 bits per heavy atom. The second kappa shape index (κ2) is 15.3. The van der Waals surface area contributed by atoms with Gasteiger partial charge in [0.25, 0.3) is 0 Å². The van der Waals surface area contributed by atoms with Crippen molar-refractivity contribution in [1.29, 1.82) is 0 Å². The monoisotopic (exact) mass is 316 g/mol. The molecule has 0 N–H and O–H groups in total. The van der Waals surface area contributed by atoms with Gasteiger partial charge in [-0.05, 0) is 19.3 Å². The van der Waals surface area contributed by atoms with Gasteiger partial charge in [0.1, 0.15) is 0 Å². The predicted molar refractivity (Wildman–Crippen MR) is 100 cm³/mol. The van der Waals surface area contributed by atoms with E-state index in [2.05, 4.69) is 30.0 Å². The molecular weight excluding hydrogens is 275 g/mol. The third kappa shape index (κ3) is 13.8. The highest BCUT2D eigenvalue weighted by Crippen LogP contribution is 2.33. The van der Waals surface area contributed by atoms with Crippen LogP contribution in [0.5, 0.6) is 0 Å². The van der Waals surface area contributed by atoms with E-state index in [9.17, 15) is 0 Å². The topological polar surface area (TPSA) is 9.23 Å². The van der Waals surface area contributed by atoms with Crippen LogP contribution in [0.25, 0.3) is 0 Å². The summed E-state index contributed by atoms with van der Waals surface area (Å²) in [5, 5.41) is 0.0633. The first-order valence-corrected chi connectivity index (χ1v) is 10.2. The summed E-state index contributed by atoms with van der Waals surface area (Å²) in [6.45, 7) is 7.78. The Morgan fingerprint density at radius 1 is 0.619 bits per heavy atom. The number of hydrogen-bond donors (Lipinski definition) is 0. The van der Waals surface area contributed by atoms with Gasteiger partial charge < -0.3 is 4.74 Å². The molecule has 0 saturated carbocycles. The molecule has 0 aliphatic rings. The van der Waals surface area contributed by atoms with Crippen molar-refractivity contribution >= 4 is 9.24 Å². The maximum Gasteiger partial charge on any atom is 0.0813 e. The van der Waals surface area contributed by atoms with Gasteiger partial charge in [-0.2, -0.15) is 0 Å². The molecule has 0 aromatic carbocycles.